The van der Waals surface area contributed by atoms with Gasteiger partial charge >= 0.3 is 0 Å². The zero-order chi connectivity index (χ0) is 34.8. The molecule has 0 saturated carbocycles. The van der Waals surface area contributed by atoms with Crippen molar-refractivity contribution >= 4 is 50.7 Å². The molecule has 0 heterocycles. The number of carbonyl (C=O) groups is 2. The fourth-order valence-electron chi connectivity index (χ4n) is 5.00. The monoisotopic (exact) mass is 711 g/mol. The third kappa shape index (κ3) is 9.43. The highest BCUT2D eigenvalue weighted by molar-refractivity contribution is 7.92. The van der Waals surface area contributed by atoms with Gasteiger partial charge in [-0.25, -0.2) is 8.42 Å². The van der Waals surface area contributed by atoms with E-state index in [1.165, 1.54) is 49.5 Å². The normalized spacial score (nSPS) is 11.9. The van der Waals surface area contributed by atoms with E-state index in [0.29, 0.717) is 27.9 Å². The van der Waals surface area contributed by atoms with E-state index in [2.05, 4.69) is 5.32 Å². The minimum atomic E-state index is -4.37. The lowest BCUT2D eigenvalue weighted by Gasteiger charge is -2.34. The van der Waals surface area contributed by atoms with Crippen molar-refractivity contribution in [2.24, 2.45) is 5.92 Å². The second-order valence-electron chi connectivity index (χ2n) is 11.5. The number of hydrogen-bond donors (Lipinski definition) is 1. The number of carbonyl (C=O) groups excluding carboxylic acids is 2. The second kappa shape index (κ2) is 16.7. The van der Waals surface area contributed by atoms with Gasteiger partial charge in [0.25, 0.3) is 10.0 Å². The summed E-state index contributed by atoms with van der Waals surface area (Å²) in [5.74, 6) is -0.232. The van der Waals surface area contributed by atoms with Crippen molar-refractivity contribution < 1.29 is 27.5 Å². The maximum atomic E-state index is 14.6. The van der Waals surface area contributed by atoms with Crippen molar-refractivity contribution in [2.45, 2.75) is 37.8 Å². The number of nitrogens with one attached hydrogen (secondary N) is 1. The minimum absolute atomic E-state index is 0.0213. The Morgan fingerprint density at radius 3 is 1.98 bits per heavy atom. The van der Waals surface area contributed by atoms with Gasteiger partial charge in [-0.15, -0.1) is 0 Å². The van der Waals surface area contributed by atoms with Crippen molar-refractivity contribution in [2.75, 3.05) is 31.6 Å². The van der Waals surface area contributed by atoms with Crippen LogP contribution in [0, 0.1) is 5.92 Å². The molecule has 0 aliphatic carbocycles. The number of ether oxygens (including phenoxy) is 2. The molecule has 9 nitrogen and oxygen atoms in total. The summed E-state index contributed by atoms with van der Waals surface area (Å²) in [7, 11) is -1.52. The van der Waals surface area contributed by atoms with Gasteiger partial charge in [-0.3, -0.25) is 13.9 Å². The van der Waals surface area contributed by atoms with Crippen LogP contribution in [-0.2, 0) is 32.6 Å². The standard InChI is InChI=1S/C36H39Cl2N3O6S/c1-25(2)22-39-36(43)32(20-26-8-6-5-7-9-26)40(23-27-10-12-28(37)13-11-27)35(42)24-41(30-16-14-29(38)15-17-30)48(44,45)31-18-19-33(46-3)34(21-31)47-4/h5-19,21,25,32H,20,22-24H2,1-4H3,(H,39,43). The summed E-state index contributed by atoms with van der Waals surface area (Å²) in [4.78, 5) is 29.8. The predicted molar refractivity (Wildman–Crippen MR) is 189 cm³/mol. The number of nitrogens with zero attached hydrogens (tertiary/aromatic N) is 2. The number of amides is 2. The summed E-state index contributed by atoms with van der Waals surface area (Å²) in [5, 5.41) is 3.88. The first-order valence-electron chi connectivity index (χ1n) is 15.3. The molecule has 4 aromatic rings. The Hall–Kier alpha value is -4.25. The van der Waals surface area contributed by atoms with Crippen molar-refractivity contribution in [3.05, 3.63) is 118 Å². The predicted octanol–water partition coefficient (Wildman–Crippen LogP) is 6.62. The molecule has 0 aromatic heterocycles. The van der Waals surface area contributed by atoms with Crippen LogP contribution < -0.4 is 19.1 Å². The summed E-state index contributed by atoms with van der Waals surface area (Å²) in [6, 6.07) is 25.7. The minimum Gasteiger partial charge on any atom is -0.493 e. The molecule has 254 valence electrons. The fraction of sp³-hybridized carbons (Fsp3) is 0.278. The second-order valence-corrected chi connectivity index (χ2v) is 14.2. The van der Waals surface area contributed by atoms with E-state index < -0.39 is 28.5 Å². The van der Waals surface area contributed by atoms with Crippen molar-refractivity contribution in [3.63, 3.8) is 0 Å². The topological polar surface area (TPSA) is 105 Å². The first-order chi connectivity index (χ1) is 22.9. The fourth-order valence-corrected chi connectivity index (χ4v) is 6.69. The first kappa shape index (κ1) is 36.6. The molecule has 0 spiro atoms. The van der Waals surface area contributed by atoms with Crippen molar-refractivity contribution in [3.8, 4) is 11.5 Å². The third-order valence-electron chi connectivity index (χ3n) is 7.56. The quantitative estimate of drug-likeness (QED) is 0.149. The van der Waals surface area contributed by atoms with E-state index in [-0.39, 0.29) is 41.1 Å². The maximum Gasteiger partial charge on any atom is 0.264 e. The van der Waals surface area contributed by atoms with Crippen LogP contribution in [-0.4, -0.2) is 58.5 Å². The van der Waals surface area contributed by atoms with Gasteiger partial charge in [0.1, 0.15) is 12.6 Å². The van der Waals surface area contributed by atoms with Crippen LogP contribution in [0.1, 0.15) is 25.0 Å². The molecule has 12 heteroatoms. The van der Waals surface area contributed by atoms with Gasteiger partial charge in [0, 0.05) is 35.6 Å². The summed E-state index contributed by atoms with van der Waals surface area (Å²) in [6.45, 7) is 3.76. The molecule has 0 aliphatic heterocycles. The first-order valence-corrected chi connectivity index (χ1v) is 17.5. The number of halogens is 2. The number of sulfonamides is 1. The van der Waals surface area contributed by atoms with Gasteiger partial charge in [-0.05, 0) is 65.6 Å². The highest BCUT2D eigenvalue weighted by Gasteiger charge is 2.35. The lowest BCUT2D eigenvalue weighted by molar-refractivity contribution is -0.140. The van der Waals surface area contributed by atoms with Gasteiger partial charge in [0.2, 0.25) is 11.8 Å². The molecule has 1 N–H and O–H groups in total. The Balaban J connectivity index is 1.81. The Kier molecular flexibility index (Phi) is 12.7. The molecular formula is C36H39Cl2N3O6S. The molecule has 48 heavy (non-hydrogen) atoms. The van der Waals surface area contributed by atoms with Gasteiger partial charge in [0.15, 0.2) is 11.5 Å². The third-order valence-corrected chi connectivity index (χ3v) is 9.83. The average molecular weight is 713 g/mol. The van der Waals surface area contributed by atoms with E-state index in [4.69, 9.17) is 32.7 Å². The van der Waals surface area contributed by atoms with Gasteiger partial charge in [0.05, 0.1) is 24.8 Å². The van der Waals surface area contributed by atoms with Gasteiger partial charge in [-0.1, -0.05) is 79.5 Å². The number of benzene rings is 4. The molecule has 0 aliphatic rings. The molecule has 2 amide bonds. The Morgan fingerprint density at radius 1 is 0.792 bits per heavy atom. The lowest BCUT2D eigenvalue weighted by atomic mass is 10.0. The summed E-state index contributed by atoms with van der Waals surface area (Å²) < 4.78 is 40.4. The Morgan fingerprint density at radius 2 is 1.40 bits per heavy atom. The molecular weight excluding hydrogens is 673 g/mol. The molecule has 0 radical (unpaired) electrons. The highest BCUT2D eigenvalue weighted by Crippen LogP contribution is 2.33. The molecule has 1 atom stereocenters. The molecule has 0 fully saturated rings. The number of methoxy groups -OCH3 is 2. The van der Waals surface area contributed by atoms with Crippen LogP contribution in [0.3, 0.4) is 0 Å². The van der Waals surface area contributed by atoms with E-state index >= 15 is 0 Å². The molecule has 0 saturated heterocycles. The summed E-state index contributed by atoms with van der Waals surface area (Å²) in [6.07, 6.45) is 0.202. The Bertz CT molecular complexity index is 1790. The van der Waals surface area contributed by atoms with E-state index in [1.54, 1.807) is 36.4 Å². The van der Waals surface area contributed by atoms with Crippen LogP contribution in [0.2, 0.25) is 10.0 Å². The SMILES string of the molecule is COc1ccc(S(=O)(=O)N(CC(=O)N(Cc2ccc(Cl)cc2)C(Cc2ccccc2)C(=O)NCC(C)C)c2ccc(Cl)cc2)cc1OC. The van der Waals surface area contributed by atoms with Gasteiger partial charge in [-0.2, -0.15) is 0 Å². The number of rotatable bonds is 15. The maximum absolute atomic E-state index is 14.6. The number of hydrogen-bond acceptors (Lipinski definition) is 6. The molecule has 1 unspecified atom stereocenters. The van der Waals surface area contributed by atoms with E-state index in [1.807, 2.05) is 44.2 Å². The van der Waals surface area contributed by atoms with Crippen LogP contribution in [0.15, 0.2) is 102 Å². The lowest BCUT2D eigenvalue weighted by Crippen LogP contribution is -2.53. The van der Waals surface area contributed by atoms with Crippen LogP contribution in [0.25, 0.3) is 0 Å². The largest absolute Gasteiger partial charge is 0.493 e. The van der Waals surface area contributed by atoms with E-state index in [9.17, 15) is 18.0 Å². The average Bonchev–Trinajstić information content (AvgIpc) is 3.08. The number of anilines is 1. The molecule has 4 rings (SSSR count). The molecule has 4 aromatic carbocycles. The smallest absolute Gasteiger partial charge is 0.264 e. The van der Waals surface area contributed by atoms with Crippen LogP contribution in [0.4, 0.5) is 5.69 Å². The van der Waals surface area contributed by atoms with Crippen molar-refractivity contribution in [1.29, 1.82) is 0 Å². The Labute approximate surface area is 292 Å². The van der Waals surface area contributed by atoms with Crippen LogP contribution in [0.5, 0.6) is 11.5 Å². The van der Waals surface area contributed by atoms with E-state index in [0.717, 1.165) is 9.87 Å². The zero-order valence-corrected chi connectivity index (χ0v) is 29.6. The van der Waals surface area contributed by atoms with Crippen LogP contribution >= 0.6 is 23.2 Å². The molecule has 0 bridgehead atoms. The van der Waals surface area contributed by atoms with Gasteiger partial charge < -0.3 is 19.7 Å². The highest BCUT2D eigenvalue weighted by atomic mass is 35.5. The summed E-state index contributed by atoms with van der Waals surface area (Å²) in [5.41, 5.74) is 1.75. The summed E-state index contributed by atoms with van der Waals surface area (Å²) >= 11 is 12.3. The van der Waals surface area contributed by atoms with Crippen molar-refractivity contribution in [1.82, 2.24) is 10.2 Å². The zero-order valence-electron chi connectivity index (χ0n) is 27.2.